The molecule has 3 nitrogen and oxygen atoms in total. The maximum absolute atomic E-state index is 11.6. The van der Waals surface area contributed by atoms with Crippen LogP contribution < -0.4 is 0 Å². The molecule has 0 aliphatic heterocycles. The van der Waals surface area contributed by atoms with Crippen molar-refractivity contribution in [2.24, 2.45) is 0 Å². The van der Waals surface area contributed by atoms with E-state index in [4.69, 9.17) is 4.74 Å². The Morgan fingerprint density at radius 1 is 1.38 bits per heavy atom. The van der Waals surface area contributed by atoms with Crippen LogP contribution in [0, 0.1) is 0 Å². The van der Waals surface area contributed by atoms with Crippen molar-refractivity contribution in [1.29, 1.82) is 0 Å². The molecule has 5 heteroatoms. The van der Waals surface area contributed by atoms with Crippen molar-refractivity contribution in [1.82, 2.24) is 4.98 Å². The Hall–Kier alpha value is -1.20. The van der Waals surface area contributed by atoms with Crippen molar-refractivity contribution in [3.8, 4) is 0 Å². The number of rotatable bonds is 3. The van der Waals surface area contributed by atoms with Gasteiger partial charge in [0, 0.05) is 0 Å². The number of nitrogens with zero attached hydrogens (tertiary/aromatic N) is 1. The van der Waals surface area contributed by atoms with Crippen molar-refractivity contribution in [3.63, 3.8) is 0 Å². The minimum Gasteiger partial charge on any atom is -0.456 e. The Kier molecular flexibility index (Phi) is 3.69. The van der Waals surface area contributed by atoms with Crippen LogP contribution in [-0.2, 0) is 11.3 Å². The van der Waals surface area contributed by atoms with Gasteiger partial charge in [-0.25, -0.2) is 9.78 Å². The lowest BCUT2D eigenvalue weighted by atomic mass is 10.2. The van der Waals surface area contributed by atoms with Gasteiger partial charge in [0.15, 0.2) is 5.69 Å². The Morgan fingerprint density at radius 2 is 2.12 bits per heavy atom. The van der Waals surface area contributed by atoms with Crippen LogP contribution in [0.4, 0.5) is 0 Å². The Balaban J connectivity index is 1.97. The van der Waals surface area contributed by atoms with Gasteiger partial charge in [-0.05, 0) is 21.5 Å². The second-order valence-electron chi connectivity index (χ2n) is 3.04. The highest BCUT2D eigenvalue weighted by molar-refractivity contribution is 9.11. The highest BCUT2D eigenvalue weighted by Crippen LogP contribution is 2.21. The van der Waals surface area contributed by atoms with E-state index in [1.54, 1.807) is 5.51 Å². The molecule has 1 heterocycles. The van der Waals surface area contributed by atoms with Gasteiger partial charge >= 0.3 is 5.97 Å². The lowest BCUT2D eigenvalue weighted by molar-refractivity contribution is 0.0465. The van der Waals surface area contributed by atoms with Crippen molar-refractivity contribution in [3.05, 3.63) is 50.9 Å². The van der Waals surface area contributed by atoms with Crippen LogP contribution in [0.5, 0.6) is 0 Å². The second-order valence-corrected chi connectivity index (χ2v) is 5.21. The molecule has 0 bridgehead atoms. The van der Waals surface area contributed by atoms with Crippen LogP contribution in [0.15, 0.2) is 39.6 Å². The fraction of sp³-hybridized carbons (Fsp3) is 0.0909. The first-order valence-corrected chi connectivity index (χ1v) is 6.24. The molecule has 0 saturated heterocycles. The minimum absolute atomic E-state index is 0.267. The van der Waals surface area contributed by atoms with Crippen LogP contribution in [0.2, 0.25) is 0 Å². The summed E-state index contributed by atoms with van der Waals surface area (Å²) < 4.78 is 5.83. The minimum atomic E-state index is -0.406. The molecule has 0 atom stereocenters. The summed E-state index contributed by atoms with van der Waals surface area (Å²) in [6.07, 6.45) is 0. The molecule has 0 radical (unpaired) electrons. The molecule has 0 spiro atoms. The lowest BCUT2D eigenvalue weighted by Crippen LogP contribution is -2.06. The molecule has 82 valence electrons. The topological polar surface area (TPSA) is 39.2 Å². The van der Waals surface area contributed by atoms with E-state index in [-0.39, 0.29) is 6.61 Å². The number of benzene rings is 1. The van der Waals surface area contributed by atoms with Gasteiger partial charge in [-0.1, -0.05) is 30.3 Å². The number of carbonyl (C=O) groups is 1. The average Bonchev–Trinajstić information content (AvgIpc) is 2.74. The molecule has 0 N–H and O–H groups in total. The van der Waals surface area contributed by atoms with Gasteiger partial charge in [0.1, 0.15) is 10.4 Å². The standard InChI is InChI=1S/C11H8BrNO2S/c12-10-9(13-7-16-10)11(14)15-6-8-4-2-1-3-5-8/h1-5,7H,6H2. The van der Waals surface area contributed by atoms with E-state index in [1.807, 2.05) is 30.3 Å². The van der Waals surface area contributed by atoms with Gasteiger partial charge in [-0.15, -0.1) is 11.3 Å². The summed E-state index contributed by atoms with van der Waals surface area (Å²) in [5, 5.41) is 0. The van der Waals surface area contributed by atoms with Crippen LogP contribution in [0.3, 0.4) is 0 Å². The quantitative estimate of drug-likeness (QED) is 0.816. The molecular formula is C11H8BrNO2S. The van der Waals surface area contributed by atoms with E-state index < -0.39 is 5.97 Å². The molecular weight excluding hydrogens is 290 g/mol. The number of hydrogen-bond donors (Lipinski definition) is 0. The molecule has 0 unspecified atom stereocenters. The summed E-state index contributed by atoms with van der Waals surface area (Å²) in [4.78, 5) is 15.5. The predicted octanol–water partition coefficient (Wildman–Crippen LogP) is 3.26. The first kappa shape index (κ1) is 11.3. The van der Waals surface area contributed by atoms with Crippen molar-refractivity contribution < 1.29 is 9.53 Å². The van der Waals surface area contributed by atoms with Gasteiger partial charge in [0.25, 0.3) is 0 Å². The van der Waals surface area contributed by atoms with Crippen LogP contribution in [0.25, 0.3) is 0 Å². The zero-order valence-electron chi connectivity index (χ0n) is 8.22. The molecule has 1 aromatic heterocycles. The third-order valence-electron chi connectivity index (χ3n) is 1.93. The average molecular weight is 298 g/mol. The first-order chi connectivity index (χ1) is 7.77. The zero-order chi connectivity index (χ0) is 11.4. The van der Waals surface area contributed by atoms with E-state index in [1.165, 1.54) is 11.3 Å². The summed E-state index contributed by atoms with van der Waals surface area (Å²) in [5.41, 5.74) is 2.89. The van der Waals surface area contributed by atoms with Gasteiger partial charge in [0.2, 0.25) is 0 Å². The third-order valence-corrected chi connectivity index (χ3v) is 3.48. The van der Waals surface area contributed by atoms with Gasteiger partial charge in [-0.3, -0.25) is 0 Å². The number of halogens is 1. The van der Waals surface area contributed by atoms with Crippen LogP contribution in [0.1, 0.15) is 16.1 Å². The first-order valence-electron chi connectivity index (χ1n) is 4.57. The summed E-state index contributed by atoms with van der Waals surface area (Å²) >= 11 is 4.61. The number of esters is 1. The molecule has 0 fully saturated rings. The SMILES string of the molecule is O=C(OCc1ccccc1)c1ncsc1Br. The molecule has 0 saturated carbocycles. The van der Waals surface area contributed by atoms with E-state index >= 15 is 0 Å². The highest BCUT2D eigenvalue weighted by atomic mass is 79.9. The molecule has 2 aromatic rings. The fourth-order valence-electron chi connectivity index (χ4n) is 1.16. The van der Waals surface area contributed by atoms with Gasteiger partial charge in [-0.2, -0.15) is 0 Å². The maximum Gasteiger partial charge on any atom is 0.359 e. The summed E-state index contributed by atoms with van der Waals surface area (Å²) in [5.74, 6) is -0.406. The van der Waals surface area contributed by atoms with Crippen LogP contribution >= 0.6 is 27.3 Å². The third kappa shape index (κ3) is 2.68. The van der Waals surface area contributed by atoms with Crippen molar-refractivity contribution in [2.75, 3.05) is 0 Å². The van der Waals surface area contributed by atoms with Gasteiger partial charge < -0.3 is 4.74 Å². The second kappa shape index (κ2) is 5.23. The molecule has 0 aliphatic rings. The lowest BCUT2D eigenvalue weighted by Gasteiger charge is -2.02. The van der Waals surface area contributed by atoms with E-state index in [2.05, 4.69) is 20.9 Å². The predicted molar refractivity (Wildman–Crippen MR) is 65.4 cm³/mol. The Labute approximate surface area is 105 Å². The number of ether oxygens (including phenoxy) is 1. The molecule has 1 aromatic carbocycles. The molecule has 16 heavy (non-hydrogen) atoms. The van der Waals surface area contributed by atoms with Gasteiger partial charge in [0.05, 0.1) is 5.51 Å². The largest absolute Gasteiger partial charge is 0.456 e. The molecule has 0 aliphatic carbocycles. The van der Waals surface area contributed by atoms with Crippen LogP contribution in [-0.4, -0.2) is 11.0 Å². The Bertz CT molecular complexity index is 484. The Morgan fingerprint density at radius 3 is 2.75 bits per heavy atom. The highest BCUT2D eigenvalue weighted by Gasteiger charge is 2.14. The summed E-state index contributed by atoms with van der Waals surface area (Å²) in [6, 6.07) is 9.54. The molecule has 2 rings (SSSR count). The van der Waals surface area contributed by atoms with E-state index in [0.29, 0.717) is 9.48 Å². The summed E-state index contributed by atoms with van der Waals surface area (Å²) in [7, 11) is 0. The monoisotopic (exact) mass is 297 g/mol. The summed E-state index contributed by atoms with van der Waals surface area (Å²) in [6.45, 7) is 0.267. The van der Waals surface area contributed by atoms with Crippen molar-refractivity contribution >= 4 is 33.2 Å². The van der Waals surface area contributed by atoms with E-state index in [0.717, 1.165) is 5.56 Å². The van der Waals surface area contributed by atoms with Crippen molar-refractivity contribution in [2.45, 2.75) is 6.61 Å². The molecule has 0 amide bonds. The maximum atomic E-state index is 11.6. The normalized spacial score (nSPS) is 10.1. The zero-order valence-corrected chi connectivity index (χ0v) is 10.6. The number of carbonyl (C=O) groups excluding carboxylic acids is 1. The smallest absolute Gasteiger partial charge is 0.359 e. The number of aromatic nitrogens is 1. The number of hydrogen-bond acceptors (Lipinski definition) is 4. The number of thiazole rings is 1. The fourth-order valence-corrected chi connectivity index (χ4v) is 2.17. The van der Waals surface area contributed by atoms with E-state index in [9.17, 15) is 4.79 Å².